The Kier molecular flexibility index (Phi) is 11.2. The highest BCUT2D eigenvalue weighted by Gasteiger charge is 2.14. The first kappa shape index (κ1) is 31.1. The van der Waals surface area contributed by atoms with E-state index in [9.17, 15) is 14.4 Å². The summed E-state index contributed by atoms with van der Waals surface area (Å²) in [5.41, 5.74) is 3.15. The summed E-state index contributed by atoms with van der Waals surface area (Å²) in [7, 11) is 1.50. The Balaban J connectivity index is 1.22. The van der Waals surface area contributed by atoms with Crippen molar-refractivity contribution < 1.29 is 28.6 Å². The van der Waals surface area contributed by atoms with Crippen LogP contribution in [0, 0.1) is 0 Å². The predicted octanol–water partition coefficient (Wildman–Crippen LogP) is 6.58. The van der Waals surface area contributed by atoms with Crippen molar-refractivity contribution in [3.05, 3.63) is 118 Å². The Morgan fingerprint density at radius 2 is 1.51 bits per heavy atom. The van der Waals surface area contributed by atoms with E-state index in [0.717, 1.165) is 10.0 Å². The molecule has 222 valence electrons. The van der Waals surface area contributed by atoms with Crippen LogP contribution in [0.1, 0.15) is 28.4 Å². The number of nitrogens with one attached hydrogen (secondary N) is 3. The van der Waals surface area contributed by atoms with Gasteiger partial charge in [0.1, 0.15) is 24.7 Å². The number of carbonyl (C=O) groups is 3. The van der Waals surface area contributed by atoms with Gasteiger partial charge in [0.15, 0.2) is 0 Å². The molecule has 4 aromatic rings. The van der Waals surface area contributed by atoms with Crippen LogP contribution in [0.2, 0.25) is 0 Å². The van der Waals surface area contributed by atoms with Gasteiger partial charge in [-0.2, -0.15) is 0 Å². The third-order valence-corrected chi connectivity index (χ3v) is 6.90. The summed E-state index contributed by atoms with van der Waals surface area (Å²) < 4.78 is 17.3. The minimum atomic E-state index is -0.429. The van der Waals surface area contributed by atoms with Crippen LogP contribution in [0.15, 0.2) is 102 Å². The number of urea groups is 1. The van der Waals surface area contributed by atoms with Gasteiger partial charge in [0, 0.05) is 4.47 Å². The fourth-order valence-corrected chi connectivity index (χ4v) is 4.44. The number of amides is 3. The van der Waals surface area contributed by atoms with Crippen molar-refractivity contribution in [1.29, 1.82) is 0 Å². The summed E-state index contributed by atoms with van der Waals surface area (Å²) in [5.74, 6) is 0.385. The molecule has 4 rings (SSSR count). The number of hydrogen-bond acceptors (Lipinski definition) is 6. The predicted molar refractivity (Wildman–Crippen MR) is 169 cm³/mol. The summed E-state index contributed by atoms with van der Waals surface area (Å²) in [6.45, 7) is 2.28. The SMILES string of the molecule is COc1cc(CC(=O)N[C@@H](C)COc2ccc(C(=O)OCc3ccccc3)cc2)ccc1NC(=O)Nc1ccccc1Br. The zero-order valence-corrected chi connectivity index (χ0v) is 25.3. The molecule has 3 N–H and O–H groups in total. The molecule has 0 saturated carbocycles. The molecule has 0 aliphatic rings. The average Bonchev–Trinajstić information content (AvgIpc) is 3.01. The van der Waals surface area contributed by atoms with Crippen LogP contribution in [-0.2, 0) is 22.6 Å². The van der Waals surface area contributed by atoms with Gasteiger partial charge < -0.3 is 30.2 Å². The van der Waals surface area contributed by atoms with Crippen molar-refractivity contribution in [2.75, 3.05) is 24.4 Å². The number of para-hydroxylation sites is 1. The first-order chi connectivity index (χ1) is 20.8. The molecule has 43 heavy (non-hydrogen) atoms. The normalized spacial score (nSPS) is 11.1. The van der Waals surface area contributed by atoms with Gasteiger partial charge in [0.25, 0.3) is 0 Å². The molecule has 0 spiro atoms. The molecule has 10 heteroatoms. The molecule has 9 nitrogen and oxygen atoms in total. The minimum Gasteiger partial charge on any atom is -0.495 e. The van der Waals surface area contributed by atoms with Crippen molar-refractivity contribution in [2.24, 2.45) is 0 Å². The average molecular weight is 647 g/mol. The number of halogens is 1. The van der Waals surface area contributed by atoms with Crippen molar-refractivity contribution in [1.82, 2.24) is 5.32 Å². The molecule has 0 saturated heterocycles. The number of carbonyl (C=O) groups excluding carboxylic acids is 3. The number of ether oxygens (including phenoxy) is 3. The minimum absolute atomic E-state index is 0.115. The van der Waals surface area contributed by atoms with Crippen molar-refractivity contribution >= 4 is 45.2 Å². The van der Waals surface area contributed by atoms with Crippen LogP contribution in [0.4, 0.5) is 16.2 Å². The molecule has 0 aromatic heterocycles. The molecule has 0 bridgehead atoms. The lowest BCUT2D eigenvalue weighted by molar-refractivity contribution is -0.121. The molecule has 0 heterocycles. The second-order valence-electron chi connectivity index (χ2n) is 9.64. The van der Waals surface area contributed by atoms with E-state index in [0.29, 0.717) is 34.0 Å². The fourth-order valence-electron chi connectivity index (χ4n) is 4.06. The fraction of sp³-hybridized carbons (Fsp3) is 0.182. The van der Waals surface area contributed by atoms with Gasteiger partial charge in [0.2, 0.25) is 5.91 Å². The van der Waals surface area contributed by atoms with Crippen molar-refractivity contribution in [3.63, 3.8) is 0 Å². The molecular weight excluding hydrogens is 614 g/mol. The summed E-state index contributed by atoms with van der Waals surface area (Å²) >= 11 is 3.40. The quantitative estimate of drug-likeness (QED) is 0.150. The zero-order chi connectivity index (χ0) is 30.6. The van der Waals surface area contributed by atoms with Crippen LogP contribution < -0.4 is 25.4 Å². The van der Waals surface area contributed by atoms with Crippen LogP contribution in [0.3, 0.4) is 0 Å². The van der Waals surface area contributed by atoms with Crippen LogP contribution in [0.5, 0.6) is 11.5 Å². The highest BCUT2D eigenvalue weighted by Crippen LogP contribution is 2.27. The Bertz CT molecular complexity index is 1550. The van der Waals surface area contributed by atoms with Crippen LogP contribution >= 0.6 is 15.9 Å². The third kappa shape index (κ3) is 9.61. The van der Waals surface area contributed by atoms with Gasteiger partial charge in [-0.1, -0.05) is 48.5 Å². The summed E-state index contributed by atoms with van der Waals surface area (Å²) in [6, 6.07) is 27.9. The lowest BCUT2D eigenvalue weighted by atomic mass is 10.1. The van der Waals surface area contributed by atoms with E-state index < -0.39 is 12.0 Å². The van der Waals surface area contributed by atoms with Crippen LogP contribution in [0.25, 0.3) is 0 Å². The standard InChI is InChI=1S/C33H32BrN3O6/c1-22(20-42-26-15-13-25(14-16-26)32(39)43-21-23-8-4-3-5-9-23)35-31(38)19-24-12-17-29(30(18-24)41-2)37-33(40)36-28-11-7-6-10-27(28)34/h3-18,22H,19-21H2,1-2H3,(H,35,38)(H2,36,37,40)/t22-/m0/s1. The smallest absolute Gasteiger partial charge is 0.338 e. The third-order valence-electron chi connectivity index (χ3n) is 6.21. The number of benzene rings is 4. The number of rotatable bonds is 12. The second-order valence-corrected chi connectivity index (χ2v) is 10.5. The van der Waals surface area contributed by atoms with Gasteiger partial charge in [-0.05, 0) is 82.5 Å². The summed E-state index contributed by atoms with van der Waals surface area (Å²) in [6.07, 6.45) is 0.115. The molecule has 4 aromatic carbocycles. The van der Waals surface area contributed by atoms with E-state index in [1.807, 2.05) is 55.5 Å². The number of methoxy groups -OCH3 is 1. The van der Waals surface area contributed by atoms with Gasteiger partial charge in [-0.3, -0.25) is 4.79 Å². The number of anilines is 2. The molecule has 3 amide bonds. The number of hydrogen-bond donors (Lipinski definition) is 3. The highest BCUT2D eigenvalue weighted by atomic mass is 79.9. The van der Waals surface area contributed by atoms with E-state index in [1.54, 1.807) is 48.5 Å². The Labute approximate surface area is 258 Å². The maximum Gasteiger partial charge on any atom is 0.338 e. The molecule has 0 aliphatic heterocycles. The van der Waals surface area contributed by atoms with E-state index in [4.69, 9.17) is 14.2 Å². The van der Waals surface area contributed by atoms with Gasteiger partial charge in [-0.15, -0.1) is 0 Å². The highest BCUT2D eigenvalue weighted by molar-refractivity contribution is 9.10. The lowest BCUT2D eigenvalue weighted by Crippen LogP contribution is -2.37. The lowest BCUT2D eigenvalue weighted by Gasteiger charge is -2.16. The maximum absolute atomic E-state index is 12.7. The summed E-state index contributed by atoms with van der Waals surface area (Å²) in [4.78, 5) is 37.5. The number of esters is 1. The van der Waals surface area contributed by atoms with Crippen molar-refractivity contribution in [3.8, 4) is 11.5 Å². The van der Waals surface area contributed by atoms with E-state index in [-0.39, 0.29) is 31.6 Å². The van der Waals surface area contributed by atoms with Gasteiger partial charge in [-0.25, -0.2) is 9.59 Å². The molecule has 0 radical (unpaired) electrons. The maximum atomic E-state index is 12.7. The second kappa shape index (κ2) is 15.4. The molecule has 0 fully saturated rings. The van der Waals surface area contributed by atoms with Crippen LogP contribution in [-0.4, -0.2) is 37.7 Å². The molecule has 0 aliphatic carbocycles. The Morgan fingerprint density at radius 1 is 0.814 bits per heavy atom. The van der Waals surface area contributed by atoms with Crippen molar-refractivity contribution in [2.45, 2.75) is 26.0 Å². The van der Waals surface area contributed by atoms with Gasteiger partial charge >= 0.3 is 12.0 Å². The Morgan fingerprint density at radius 3 is 2.23 bits per heavy atom. The Hall–Kier alpha value is -4.83. The van der Waals surface area contributed by atoms with E-state index in [2.05, 4.69) is 31.9 Å². The zero-order valence-electron chi connectivity index (χ0n) is 23.8. The first-order valence-corrected chi connectivity index (χ1v) is 14.3. The van der Waals surface area contributed by atoms with E-state index in [1.165, 1.54) is 7.11 Å². The molecule has 1 atom stereocenters. The molecular formula is C33H32BrN3O6. The summed E-state index contributed by atoms with van der Waals surface area (Å²) in [5, 5.41) is 8.45. The topological polar surface area (TPSA) is 115 Å². The van der Waals surface area contributed by atoms with Gasteiger partial charge in [0.05, 0.1) is 36.5 Å². The van der Waals surface area contributed by atoms with E-state index >= 15 is 0 Å². The first-order valence-electron chi connectivity index (χ1n) is 13.5. The largest absolute Gasteiger partial charge is 0.495 e. The molecule has 0 unspecified atom stereocenters. The monoisotopic (exact) mass is 645 g/mol.